The van der Waals surface area contributed by atoms with Gasteiger partial charge in [0, 0.05) is 24.2 Å². The number of benzene rings is 1. The number of anilines is 2. The van der Waals surface area contributed by atoms with E-state index < -0.39 is 17.7 Å². The Labute approximate surface area is 118 Å². The highest BCUT2D eigenvalue weighted by atomic mass is 35.5. The standard InChI is InChI=1S/C12H11ClF2N4O/c13-10-4-11(19-12(16)18-10)17-5-9(20)7-2-1-6(14)3-8(7)15/h1-4,9,20H,5H2,(H3,16,17,18,19). The lowest BCUT2D eigenvalue weighted by Gasteiger charge is -2.13. The Kier molecular flexibility index (Phi) is 4.31. The Bertz CT molecular complexity index is 606. The van der Waals surface area contributed by atoms with Gasteiger partial charge in [-0.05, 0) is 6.07 Å². The number of hydrogen-bond donors (Lipinski definition) is 3. The van der Waals surface area contributed by atoms with Crippen LogP contribution in [0, 0.1) is 11.6 Å². The van der Waals surface area contributed by atoms with Crippen molar-refractivity contribution in [2.24, 2.45) is 0 Å². The maximum absolute atomic E-state index is 13.5. The first-order valence-corrected chi connectivity index (χ1v) is 6.00. The Morgan fingerprint density at radius 1 is 1.30 bits per heavy atom. The number of nitrogens with two attached hydrogens (primary N) is 1. The molecule has 1 aromatic carbocycles. The highest BCUT2D eigenvalue weighted by molar-refractivity contribution is 6.29. The normalized spacial score (nSPS) is 12.2. The maximum atomic E-state index is 13.5. The molecule has 0 aliphatic carbocycles. The van der Waals surface area contributed by atoms with Crippen LogP contribution in [0.15, 0.2) is 24.3 Å². The zero-order valence-corrected chi connectivity index (χ0v) is 10.9. The van der Waals surface area contributed by atoms with Gasteiger partial charge in [0.1, 0.15) is 22.6 Å². The summed E-state index contributed by atoms with van der Waals surface area (Å²) in [5, 5.41) is 12.7. The first-order valence-electron chi connectivity index (χ1n) is 5.62. The van der Waals surface area contributed by atoms with Crippen molar-refractivity contribution < 1.29 is 13.9 Å². The average Bonchev–Trinajstić information content (AvgIpc) is 2.35. The monoisotopic (exact) mass is 300 g/mol. The van der Waals surface area contributed by atoms with E-state index in [0.29, 0.717) is 11.9 Å². The molecule has 1 unspecified atom stereocenters. The van der Waals surface area contributed by atoms with E-state index in [9.17, 15) is 13.9 Å². The minimum absolute atomic E-state index is 0.0213. The van der Waals surface area contributed by atoms with Crippen LogP contribution in [0.2, 0.25) is 5.15 Å². The molecule has 0 bridgehead atoms. The molecule has 1 atom stereocenters. The Balaban J connectivity index is 2.06. The first-order chi connectivity index (χ1) is 9.45. The second-order valence-corrected chi connectivity index (χ2v) is 4.38. The molecule has 4 N–H and O–H groups in total. The zero-order valence-electron chi connectivity index (χ0n) is 10.1. The van der Waals surface area contributed by atoms with Crippen molar-refractivity contribution in [3.05, 3.63) is 46.6 Å². The summed E-state index contributed by atoms with van der Waals surface area (Å²) in [5.41, 5.74) is 5.39. The molecule has 0 saturated carbocycles. The molecule has 2 aromatic rings. The number of nitrogen functional groups attached to an aromatic ring is 1. The Morgan fingerprint density at radius 2 is 2.05 bits per heavy atom. The van der Waals surface area contributed by atoms with E-state index in [1.807, 2.05) is 0 Å². The predicted molar refractivity (Wildman–Crippen MR) is 71.3 cm³/mol. The minimum Gasteiger partial charge on any atom is -0.386 e. The molecule has 20 heavy (non-hydrogen) atoms. The second kappa shape index (κ2) is 5.98. The van der Waals surface area contributed by atoms with Gasteiger partial charge in [-0.2, -0.15) is 4.98 Å². The lowest BCUT2D eigenvalue weighted by atomic mass is 10.1. The van der Waals surface area contributed by atoms with Crippen LogP contribution in [0.4, 0.5) is 20.5 Å². The molecular formula is C12H11ClF2N4O. The molecule has 0 aliphatic rings. The highest BCUT2D eigenvalue weighted by Crippen LogP contribution is 2.19. The molecule has 106 valence electrons. The maximum Gasteiger partial charge on any atom is 0.223 e. The van der Waals surface area contributed by atoms with Crippen LogP contribution >= 0.6 is 11.6 Å². The fraction of sp³-hybridized carbons (Fsp3) is 0.167. The fourth-order valence-corrected chi connectivity index (χ4v) is 1.80. The van der Waals surface area contributed by atoms with Gasteiger partial charge >= 0.3 is 0 Å². The summed E-state index contributed by atoms with van der Waals surface area (Å²) in [6, 6.07) is 4.36. The van der Waals surface area contributed by atoms with E-state index in [1.54, 1.807) is 0 Å². The lowest BCUT2D eigenvalue weighted by molar-refractivity contribution is 0.186. The third-order valence-electron chi connectivity index (χ3n) is 2.51. The molecule has 0 saturated heterocycles. The van der Waals surface area contributed by atoms with Crippen molar-refractivity contribution in [2.75, 3.05) is 17.6 Å². The van der Waals surface area contributed by atoms with Crippen LogP contribution in [0.1, 0.15) is 11.7 Å². The third kappa shape index (κ3) is 3.52. The topological polar surface area (TPSA) is 84.1 Å². The van der Waals surface area contributed by atoms with Crippen molar-refractivity contribution >= 4 is 23.4 Å². The van der Waals surface area contributed by atoms with Crippen molar-refractivity contribution in [3.63, 3.8) is 0 Å². The quantitative estimate of drug-likeness (QED) is 0.753. The number of halogens is 3. The van der Waals surface area contributed by atoms with Crippen LogP contribution in [0.25, 0.3) is 0 Å². The molecule has 0 amide bonds. The molecule has 1 heterocycles. The van der Waals surface area contributed by atoms with Gasteiger partial charge < -0.3 is 16.2 Å². The Morgan fingerprint density at radius 3 is 2.70 bits per heavy atom. The molecule has 0 fully saturated rings. The molecule has 8 heteroatoms. The van der Waals surface area contributed by atoms with Crippen LogP contribution in [0.5, 0.6) is 0 Å². The van der Waals surface area contributed by atoms with Gasteiger partial charge in [-0.3, -0.25) is 0 Å². The van der Waals surface area contributed by atoms with Gasteiger partial charge in [0.15, 0.2) is 0 Å². The van der Waals surface area contributed by atoms with Crippen LogP contribution in [0.3, 0.4) is 0 Å². The smallest absolute Gasteiger partial charge is 0.223 e. The number of aliphatic hydroxyl groups is 1. The predicted octanol–water partition coefficient (Wildman–Crippen LogP) is 2.14. The van der Waals surface area contributed by atoms with Crippen LogP contribution in [-0.4, -0.2) is 21.6 Å². The van der Waals surface area contributed by atoms with Gasteiger partial charge in [-0.15, -0.1) is 0 Å². The van der Waals surface area contributed by atoms with E-state index >= 15 is 0 Å². The van der Waals surface area contributed by atoms with Crippen molar-refractivity contribution in [3.8, 4) is 0 Å². The molecule has 2 rings (SSSR count). The second-order valence-electron chi connectivity index (χ2n) is 4.00. The summed E-state index contributed by atoms with van der Waals surface area (Å²) >= 11 is 5.69. The lowest BCUT2D eigenvalue weighted by Crippen LogP contribution is -2.15. The molecule has 0 radical (unpaired) electrons. The average molecular weight is 301 g/mol. The van der Waals surface area contributed by atoms with Gasteiger partial charge in [0.2, 0.25) is 5.95 Å². The molecule has 0 spiro atoms. The van der Waals surface area contributed by atoms with Gasteiger partial charge in [-0.1, -0.05) is 17.7 Å². The van der Waals surface area contributed by atoms with Gasteiger partial charge in [-0.25, -0.2) is 13.8 Å². The number of nitrogens with one attached hydrogen (secondary N) is 1. The molecule has 1 aromatic heterocycles. The largest absolute Gasteiger partial charge is 0.386 e. The summed E-state index contributed by atoms with van der Waals surface area (Å²) in [6.45, 7) is -0.0463. The Hall–Kier alpha value is -1.99. The molecular weight excluding hydrogens is 290 g/mol. The number of rotatable bonds is 4. The van der Waals surface area contributed by atoms with Crippen molar-refractivity contribution in [2.45, 2.75) is 6.10 Å². The summed E-state index contributed by atoms with van der Waals surface area (Å²) in [4.78, 5) is 7.51. The van der Waals surface area contributed by atoms with E-state index in [0.717, 1.165) is 6.07 Å². The van der Waals surface area contributed by atoms with E-state index in [1.165, 1.54) is 12.1 Å². The van der Waals surface area contributed by atoms with E-state index in [2.05, 4.69) is 15.3 Å². The van der Waals surface area contributed by atoms with Crippen molar-refractivity contribution in [1.29, 1.82) is 0 Å². The summed E-state index contributed by atoms with van der Waals surface area (Å²) in [6.07, 6.45) is -1.18. The van der Waals surface area contributed by atoms with Crippen molar-refractivity contribution in [1.82, 2.24) is 9.97 Å². The SMILES string of the molecule is Nc1nc(Cl)cc(NCC(O)c2ccc(F)cc2F)n1. The number of aromatic nitrogens is 2. The summed E-state index contributed by atoms with van der Waals surface area (Å²) < 4.78 is 26.2. The van der Waals surface area contributed by atoms with Gasteiger partial charge in [0.05, 0.1) is 6.10 Å². The molecule has 5 nitrogen and oxygen atoms in total. The van der Waals surface area contributed by atoms with Crippen LogP contribution < -0.4 is 11.1 Å². The van der Waals surface area contributed by atoms with Gasteiger partial charge in [0.25, 0.3) is 0 Å². The number of aliphatic hydroxyl groups excluding tert-OH is 1. The zero-order chi connectivity index (χ0) is 14.7. The number of nitrogens with zero attached hydrogens (tertiary/aromatic N) is 2. The highest BCUT2D eigenvalue weighted by Gasteiger charge is 2.13. The summed E-state index contributed by atoms with van der Waals surface area (Å²) in [7, 11) is 0. The first kappa shape index (κ1) is 14.4. The van der Waals surface area contributed by atoms with Crippen LogP contribution in [-0.2, 0) is 0 Å². The fourth-order valence-electron chi connectivity index (χ4n) is 1.61. The minimum atomic E-state index is -1.18. The van der Waals surface area contributed by atoms with E-state index in [4.69, 9.17) is 17.3 Å². The third-order valence-corrected chi connectivity index (χ3v) is 2.70. The number of hydrogen-bond acceptors (Lipinski definition) is 5. The summed E-state index contributed by atoms with van der Waals surface area (Å²) in [5.74, 6) is -1.26. The molecule has 0 aliphatic heterocycles. The van der Waals surface area contributed by atoms with E-state index in [-0.39, 0.29) is 23.2 Å².